The first kappa shape index (κ1) is 7.78. The van der Waals surface area contributed by atoms with Crippen molar-refractivity contribution in [2.45, 2.75) is 6.92 Å². The zero-order valence-corrected chi connectivity index (χ0v) is 7.88. The van der Waals surface area contributed by atoms with Crippen LogP contribution in [0.1, 0.15) is 6.92 Å². The van der Waals surface area contributed by atoms with Crippen LogP contribution in [0.4, 0.5) is 0 Å². The van der Waals surface area contributed by atoms with Gasteiger partial charge in [0.05, 0.1) is 0 Å². The molecule has 0 aliphatic carbocycles. The second-order valence-electron chi connectivity index (χ2n) is 2.04. The Morgan fingerprint density at radius 1 is 1.80 bits per heavy atom. The molecule has 1 aliphatic rings. The van der Waals surface area contributed by atoms with E-state index in [9.17, 15) is 4.79 Å². The fourth-order valence-electron chi connectivity index (χ4n) is 0.679. The van der Waals surface area contributed by atoms with Crippen molar-refractivity contribution in [1.82, 2.24) is 5.32 Å². The van der Waals surface area contributed by atoms with E-state index in [0.29, 0.717) is 5.70 Å². The molecule has 0 unspecified atom stereocenters. The van der Waals surface area contributed by atoms with E-state index >= 15 is 0 Å². The van der Waals surface area contributed by atoms with Crippen LogP contribution < -0.4 is 26.5 Å². The minimum atomic E-state index is 0.130. The Labute approximate surface area is 70.6 Å². The third-order valence-electron chi connectivity index (χ3n) is 1.11. The Morgan fingerprint density at radius 2 is 2.60 bits per heavy atom. The summed E-state index contributed by atoms with van der Waals surface area (Å²) >= 11 is 0.130. The first-order valence-corrected chi connectivity index (χ1v) is 5.75. The molecule has 2 nitrogen and oxygen atoms in total. The van der Waals surface area contributed by atoms with E-state index in [-0.39, 0.29) is 21.2 Å². The van der Waals surface area contributed by atoms with Crippen LogP contribution in [0.15, 0.2) is 21.4 Å². The van der Waals surface area contributed by atoms with E-state index in [2.05, 4.69) is 9.40 Å². The van der Waals surface area contributed by atoms with Crippen molar-refractivity contribution in [3.8, 4) is 0 Å². The molecule has 1 aliphatic heterocycles. The average Bonchev–Trinajstić information content (AvgIpc) is 2.13. The summed E-state index contributed by atoms with van der Waals surface area (Å²) < 4.78 is 3.20. The Kier molecular flexibility index (Phi) is 2.92. The minimum absolute atomic E-state index is 0.130. The predicted molar refractivity (Wildman–Crippen MR) is 35.9 cm³/mol. The van der Waals surface area contributed by atoms with Gasteiger partial charge in [-0.25, -0.2) is 0 Å². The predicted octanol–water partition coefficient (Wildman–Crippen LogP) is -2.38. The molecule has 0 saturated carbocycles. The number of halogens is 1. The van der Waals surface area contributed by atoms with Gasteiger partial charge in [0, 0.05) is 0 Å². The van der Waals surface area contributed by atoms with Crippen LogP contribution in [0, 0.1) is 0 Å². The maximum absolute atomic E-state index is 10.3. The van der Waals surface area contributed by atoms with Gasteiger partial charge in [0.2, 0.25) is 0 Å². The zero-order valence-electron chi connectivity index (χ0n) is 5.73. The summed E-state index contributed by atoms with van der Waals surface area (Å²) in [5.41, 5.74) is 1.92. The third-order valence-corrected chi connectivity index (χ3v) is 3.35. The van der Waals surface area contributed by atoms with Gasteiger partial charge in [-0.05, 0) is 0 Å². The Balaban J connectivity index is 2.74. The SMILES string of the molecule is CC1=C[I-]CNC(C=O)=C1. The topological polar surface area (TPSA) is 29.1 Å². The summed E-state index contributed by atoms with van der Waals surface area (Å²) in [5.74, 6) is 0. The molecule has 0 amide bonds. The molecule has 10 heavy (non-hydrogen) atoms. The number of rotatable bonds is 1. The van der Waals surface area contributed by atoms with Gasteiger partial charge < -0.3 is 0 Å². The molecule has 0 radical (unpaired) electrons. The maximum atomic E-state index is 10.3. The van der Waals surface area contributed by atoms with Crippen LogP contribution in [0.3, 0.4) is 0 Å². The van der Waals surface area contributed by atoms with E-state index in [1.165, 1.54) is 5.57 Å². The van der Waals surface area contributed by atoms with Crippen LogP contribution >= 0.6 is 0 Å². The molecular weight excluding hydrogens is 241 g/mol. The van der Waals surface area contributed by atoms with Crippen molar-refractivity contribution < 1.29 is 26.0 Å². The number of nitrogens with one attached hydrogen (secondary N) is 1. The van der Waals surface area contributed by atoms with Crippen molar-refractivity contribution in [2.75, 3.05) is 4.55 Å². The quantitative estimate of drug-likeness (QED) is 0.244. The summed E-state index contributed by atoms with van der Waals surface area (Å²) in [6.45, 7) is 2.02. The van der Waals surface area contributed by atoms with Gasteiger partial charge >= 0.3 is 70.5 Å². The summed E-state index contributed by atoms with van der Waals surface area (Å²) in [7, 11) is 0. The first-order valence-electron chi connectivity index (χ1n) is 2.98. The Bertz CT molecular complexity index is 196. The van der Waals surface area contributed by atoms with Crippen molar-refractivity contribution >= 4 is 6.29 Å². The van der Waals surface area contributed by atoms with Crippen molar-refractivity contribution in [2.24, 2.45) is 0 Å². The first-order chi connectivity index (χ1) is 4.83. The van der Waals surface area contributed by atoms with Crippen LogP contribution in [0.2, 0.25) is 0 Å². The van der Waals surface area contributed by atoms with Crippen molar-refractivity contribution in [3.05, 3.63) is 21.4 Å². The molecule has 0 bridgehead atoms. The standard InChI is InChI=1S/C7H9INO/c1-6-2-7(4-10)9-5-8-3-6/h2-4,9H,5H2,1H3/q-1. The molecule has 0 saturated heterocycles. The number of allylic oxidation sites excluding steroid dienone is 3. The molecular formula is C7H9INO-. The van der Waals surface area contributed by atoms with Crippen LogP contribution in [-0.4, -0.2) is 10.8 Å². The molecule has 0 fully saturated rings. The van der Waals surface area contributed by atoms with Gasteiger partial charge in [0.15, 0.2) is 0 Å². The summed E-state index contributed by atoms with van der Waals surface area (Å²) in [6, 6.07) is 0. The molecule has 0 atom stereocenters. The fourth-order valence-corrected chi connectivity index (χ4v) is 2.43. The number of hydrogen-bond acceptors (Lipinski definition) is 2. The number of carbonyl (C=O) groups excluding carboxylic acids is 1. The number of carbonyl (C=O) groups is 1. The van der Waals surface area contributed by atoms with E-state index in [0.717, 1.165) is 10.8 Å². The van der Waals surface area contributed by atoms with E-state index in [1.54, 1.807) is 0 Å². The van der Waals surface area contributed by atoms with Gasteiger partial charge in [-0.1, -0.05) is 0 Å². The second-order valence-corrected chi connectivity index (χ2v) is 4.30. The zero-order chi connectivity index (χ0) is 7.40. The fraction of sp³-hybridized carbons (Fsp3) is 0.286. The van der Waals surface area contributed by atoms with Gasteiger partial charge in [0.1, 0.15) is 0 Å². The molecule has 0 spiro atoms. The molecule has 1 heterocycles. The Hall–Kier alpha value is -0.320. The van der Waals surface area contributed by atoms with Crippen LogP contribution in [-0.2, 0) is 4.79 Å². The van der Waals surface area contributed by atoms with Gasteiger partial charge in [-0.3, -0.25) is 0 Å². The monoisotopic (exact) mass is 250 g/mol. The molecule has 0 aromatic rings. The second kappa shape index (κ2) is 3.75. The van der Waals surface area contributed by atoms with E-state index in [4.69, 9.17) is 0 Å². The van der Waals surface area contributed by atoms with Gasteiger partial charge in [-0.2, -0.15) is 0 Å². The van der Waals surface area contributed by atoms with E-state index < -0.39 is 0 Å². The Morgan fingerprint density at radius 3 is 3.30 bits per heavy atom. The van der Waals surface area contributed by atoms with Crippen molar-refractivity contribution in [1.29, 1.82) is 0 Å². The summed E-state index contributed by atoms with van der Waals surface area (Å²) in [5, 5.41) is 3.05. The molecule has 1 N–H and O–H groups in total. The molecule has 1 rings (SSSR count). The van der Waals surface area contributed by atoms with E-state index in [1.807, 2.05) is 13.0 Å². The van der Waals surface area contributed by atoms with Crippen molar-refractivity contribution in [3.63, 3.8) is 0 Å². The van der Waals surface area contributed by atoms with Crippen LogP contribution in [0.25, 0.3) is 0 Å². The molecule has 56 valence electrons. The number of alkyl halides is 1. The van der Waals surface area contributed by atoms with Crippen LogP contribution in [0.5, 0.6) is 0 Å². The number of aldehydes is 1. The molecule has 0 aromatic heterocycles. The number of hydrogen-bond donors (Lipinski definition) is 1. The molecule has 3 heteroatoms. The summed E-state index contributed by atoms with van der Waals surface area (Å²) in [4.78, 5) is 10.3. The van der Waals surface area contributed by atoms with Gasteiger partial charge in [0.25, 0.3) is 0 Å². The third kappa shape index (κ3) is 2.13. The summed E-state index contributed by atoms with van der Waals surface area (Å²) in [6.07, 6.45) is 2.76. The average molecular weight is 250 g/mol. The van der Waals surface area contributed by atoms with Gasteiger partial charge in [-0.15, -0.1) is 0 Å². The molecule has 0 aromatic carbocycles. The normalized spacial score (nSPS) is 18.9.